The molecule has 7 heteroatoms. The first-order valence-electron chi connectivity index (χ1n) is 5.59. The molecule has 2 aromatic rings. The van der Waals surface area contributed by atoms with E-state index in [4.69, 9.17) is 16.3 Å². The highest BCUT2D eigenvalue weighted by Gasteiger charge is 2.32. The van der Waals surface area contributed by atoms with E-state index in [-0.39, 0.29) is 5.75 Å². The zero-order valence-corrected chi connectivity index (χ0v) is 12.6. The lowest BCUT2D eigenvalue weighted by Crippen LogP contribution is -2.06. The van der Waals surface area contributed by atoms with Gasteiger partial charge in [0.15, 0.2) is 11.6 Å². The molecule has 0 fully saturated rings. The van der Waals surface area contributed by atoms with E-state index in [1.807, 2.05) is 0 Å². The fourth-order valence-electron chi connectivity index (χ4n) is 1.58. The summed E-state index contributed by atoms with van der Waals surface area (Å²) < 4.78 is 56.6. The Morgan fingerprint density at radius 3 is 2.43 bits per heavy atom. The predicted octanol–water partition coefficient (Wildman–Crippen LogP) is 6.19. The van der Waals surface area contributed by atoms with Crippen molar-refractivity contribution in [2.45, 2.75) is 6.18 Å². The number of benzene rings is 2. The molecule has 1 radical (unpaired) electrons. The fraction of sp³-hybridized carbons (Fsp3) is 0.0714. The van der Waals surface area contributed by atoms with Gasteiger partial charge in [-0.3, -0.25) is 0 Å². The molecule has 0 spiro atoms. The molecule has 0 bridgehead atoms. The first-order chi connectivity index (χ1) is 9.81. The quantitative estimate of drug-likeness (QED) is 0.575. The third-order valence-electron chi connectivity index (χ3n) is 2.53. The van der Waals surface area contributed by atoms with E-state index in [2.05, 4.69) is 15.9 Å². The summed E-state index contributed by atoms with van der Waals surface area (Å²) in [6.45, 7) is 0. The Bertz CT molecular complexity index is 635. The van der Waals surface area contributed by atoms with Crippen LogP contribution in [0.5, 0.6) is 11.5 Å². The second kappa shape index (κ2) is 6.23. The average molecular weight is 383 g/mol. The van der Waals surface area contributed by atoms with Crippen LogP contribution in [0.3, 0.4) is 0 Å². The van der Waals surface area contributed by atoms with Crippen LogP contribution < -0.4 is 4.74 Å². The molecule has 0 aliphatic heterocycles. The number of hydrogen-bond acceptors (Lipinski definition) is 1. The van der Waals surface area contributed by atoms with Crippen LogP contribution in [0.2, 0.25) is 5.02 Å². The fourth-order valence-corrected chi connectivity index (χ4v) is 2.12. The second-order valence-electron chi connectivity index (χ2n) is 4.05. The SMILES string of the molecule is Fc1cc(C(F)(F)F)cc(Cl)c1Oc1cccc([CH]Br)c1. The van der Waals surface area contributed by atoms with Crippen molar-refractivity contribution in [2.24, 2.45) is 0 Å². The Balaban J connectivity index is 2.36. The summed E-state index contributed by atoms with van der Waals surface area (Å²) in [6, 6.07) is 7.49. The summed E-state index contributed by atoms with van der Waals surface area (Å²) >= 11 is 8.81. The van der Waals surface area contributed by atoms with Crippen LogP contribution in [0, 0.1) is 11.1 Å². The minimum absolute atomic E-state index is 0.253. The summed E-state index contributed by atoms with van der Waals surface area (Å²) in [7, 11) is 0. The van der Waals surface area contributed by atoms with Gasteiger partial charge in [0, 0.05) is 0 Å². The molecule has 1 nitrogen and oxygen atoms in total. The maximum absolute atomic E-state index is 13.8. The Kier molecular flexibility index (Phi) is 4.78. The molecule has 0 N–H and O–H groups in total. The van der Waals surface area contributed by atoms with Crippen molar-refractivity contribution in [1.29, 1.82) is 0 Å². The Morgan fingerprint density at radius 1 is 1.14 bits per heavy atom. The third kappa shape index (κ3) is 3.89. The molecule has 0 aliphatic carbocycles. The zero-order valence-electron chi connectivity index (χ0n) is 10.2. The molecule has 0 saturated heterocycles. The van der Waals surface area contributed by atoms with Crippen molar-refractivity contribution in [3.05, 3.63) is 63.7 Å². The minimum atomic E-state index is -4.67. The van der Waals surface area contributed by atoms with Gasteiger partial charge in [-0.15, -0.1) is 0 Å². The standard InChI is InChI=1S/C14H7BrClF4O/c15-7-8-2-1-3-10(4-8)21-13-11(16)5-9(6-12(13)17)14(18,19)20/h1-7H. The molecule has 111 valence electrons. The van der Waals surface area contributed by atoms with Gasteiger partial charge in [0.2, 0.25) is 0 Å². The maximum atomic E-state index is 13.8. The smallest absolute Gasteiger partial charge is 0.416 e. The monoisotopic (exact) mass is 381 g/mol. The van der Waals surface area contributed by atoms with Crippen LogP contribution in [0.25, 0.3) is 0 Å². The molecule has 2 rings (SSSR count). The van der Waals surface area contributed by atoms with Crippen LogP contribution in [0.15, 0.2) is 36.4 Å². The Labute approximate surface area is 131 Å². The van der Waals surface area contributed by atoms with Gasteiger partial charge in [0.05, 0.1) is 15.9 Å². The van der Waals surface area contributed by atoms with Crippen molar-refractivity contribution >= 4 is 27.5 Å². The van der Waals surface area contributed by atoms with E-state index >= 15 is 0 Å². The normalized spacial score (nSPS) is 11.5. The van der Waals surface area contributed by atoms with Crippen LogP contribution in [-0.2, 0) is 6.18 Å². The Morgan fingerprint density at radius 2 is 1.86 bits per heavy atom. The minimum Gasteiger partial charge on any atom is -0.453 e. The topological polar surface area (TPSA) is 9.23 Å². The average Bonchev–Trinajstić information content (AvgIpc) is 2.42. The number of hydrogen-bond donors (Lipinski definition) is 0. The molecular formula is C14H7BrClF4O. The lowest BCUT2D eigenvalue weighted by atomic mass is 10.2. The second-order valence-corrected chi connectivity index (χ2v) is 4.92. The molecule has 0 unspecified atom stereocenters. The van der Waals surface area contributed by atoms with E-state index in [1.54, 1.807) is 23.5 Å². The van der Waals surface area contributed by atoms with Gasteiger partial charge in [-0.05, 0) is 29.8 Å². The zero-order chi connectivity index (χ0) is 15.6. The van der Waals surface area contributed by atoms with Crippen molar-refractivity contribution in [1.82, 2.24) is 0 Å². The first-order valence-corrected chi connectivity index (χ1v) is 6.88. The third-order valence-corrected chi connectivity index (χ3v) is 3.34. The highest BCUT2D eigenvalue weighted by molar-refractivity contribution is 9.10. The first kappa shape index (κ1) is 16.1. The van der Waals surface area contributed by atoms with Crippen molar-refractivity contribution < 1.29 is 22.3 Å². The van der Waals surface area contributed by atoms with Gasteiger partial charge in [-0.2, -0.15) is 13.2 Å². The highest BCUT2D eigenvalue weighted by atomic mass is 79.9. The van der Waals surface area contributed by atoms with E-state index in [0.717, 1.165) is 5.56 Å². The number of alkyl halides is 3. The molecule has 2 aromatic carbocycles. The summed E-state index contributed by atoms with van der Waals surface area (Å²) in [4.78, 5) is 0. The van der Waals surface area contributed by atoms with Crippen LogP contribution in [0.4, 0.5) is 17.6 Å². The van der Waals surface area contributed by atoms with Gasteiger partial charge in [-0.25, -0.2) is 4.39 Å². The van der Waals surface area contributed by atoms with Gasteiger partial charge < -0.3 is 4.74 Å². The van der Waals surface area contributed by atoms with Gasteiger partial charge in [0.1, 0.15) is 5.75 Å². The van der Waals surface area contributed by atoms with E-state index in [0.29, 0.717) is 12.1 Å². The van der Waals surface area contributed by atoms with Crippen molar-refractivity contribution in [3.8, 4) is 11.5 Å². The van der Waals surface area contributed by atoms with Crippen molar-refractivity contribution in [2.75, 3.05) is 0 Å². The number of rotatable bonds is 3. The number of ether oxygens (including phenoxy) is 1. The van der Waals surface area contributed by atoms with Gasteiger partial charge in [-0.1, -0.05) is 39.7 Å². The summed E-state index contributed by atoms with van der Waals surface area (Å²) in [5, 5.41) is 1.17. The molecule has 0 amide bonds. The highest BCUT2D eigenvalue weighted by Crippen LogP contribution is 2.38. The molecule has 0 heterocycles. The maximum Gasteiger partial charge on any atom is 0.416 e. The molecular weight excluding hydrogens is 376 g/mol. The van der Waals surface area contributed by atoms with E-state index in [9.17, 15) is 17.6 Å². The largest absolute Gasteiger partial charge is 0.453 e. The lowest BCUT2D eigenvalue weighted by molar-refractivity contribution is -0.137. The Hall–Kier alpha value is -1.27. The predicted molar refractivity (Wildman–Crippen MR) is 75.3 cm³/mol. The van der Waals surface area contributed by atoms with Crippen molar-refractivity contribution in [3.63, 3.8) is 0 Å². The van der Waals surface area contributed by atoms with E-state index in [1.165, 1.54) is 6.07 Å². The van der Waals surface area contributed by atoms with Crippen LogP contribution in [0.1, 0.15) is 11.1 Å². The molecule has 0 aliphatic rings. The summed E-state index contributed by atoms with van der Waals surface area (Å²) in [5.74, 6) is -1.37. The van der Waals surface area contributed by atoms with Gasteiger partial charge in [0.25, 0.3) is 0 Å². The molecule has 0 atom stereocenters. The van der Waals surface area contributed by atoms with Gasteiger partial charge >= 0.3 is 6.18 Å². The van der Waals surface area contributed by atoms with E-state index < -0.39 is 28.3 Å². The number of halogens is 6. The molecule has 0 saturated carbocycles. The molecule has 21 heavy (non-hydrogen) atoms. The van der Waals surface area contributed by atoms with Crippen LogP contribution in [-0.4, -0.2) is 0 Å². The summed E-state index contributed by atoms with van der Waals surface area (Å²) in [6.07, 6.45) is -4.67. The molecule has 0 aromatic heterocycles. The summed E-state index contributed by atoms with van der Waals surface area (Å²) in [5.41, 5.74) is -0.421. The lowest BCUT2D eigenvalue weighted by Gasteiger charge is -2.12. The van der Waals surface area contributed by atoms with Crippen LogP contribution >= 0.6 is 27.5 Å².